The number of ether oxygens (including phenoxy) is 2. The standard InChI is InChI=1S/C10H18O2S2/c1-8(3-11-4-9-5-13-9)12-6-10(2)7-14-10/h8-9H,3-7H2,1-2H3. The molecule has 2 rings (SSSR count). The molecular formula is C10H18O2S2. The predicted octanol–water partition coefficient (Wildman–Crippen LogP) is 2.03. The van der Waals surface area contributed by atoms with Crippen molar-refractivity contribution in [2.45, 2.75) is 29.9 Å². The third-order valence-electron chi connectivity index (χ3n) is 2.37. The molecule has 0 N–H and O–H groups in total. The van der Waals surface area contributed by atoms with Crippen molar-refractivity contribution in [2.75, 3.05) is 31.3 Å². The first-order valence-electron chi connectivity index (χ1n) is 5.13. The van der Waals surface area contributed by atoms with Gasteiger partial charge in [-0.15, -0.1) is 0 Å². The van der Waals surface area contributed by atoms with Crippen molar-refractivity contribution in [1.82, 2.24) is 0 Å². The van der Waals surface area contributed by atoms with Crippen molar-refractivity contribution in [3.8, 4) is 0 Å². The molecule has 0 aromatic heterocycles. The topological polar surface area (TPSA) is 18.5 Å². The molecule has 0 aromatic carbocycles. The Hall–Kier alpha value is 0.620. The second-order valence-electron chi connectivity index (χ2n) is 4.35. The lowest BCUT2D eigenvalue weighted by Crippen LogP contribution is -2.23. The van der Waals surface area contributed by atoms with Crippen molar-refractivity contribution >= 4 is 23.5 Å². The largest absolute Gasteiger partial charge is 0.378 e. The highest BCUT2D eigenvalue weighted by molar-refractivity contribution is 8.07. The van der Waals surface area contributed by atoms with Crippen LogP contribution in [0.15, 0.2) is 0 Å². The normalized spacial score (nSPS) is 36.9. The first kappa shape index (κ1) is 11.1. The van der Waals surface area contributed by atoms with E-state index in [4.69, 9.17) is 9.47 Å². The van der Waals surface area contributed by atoms with Crippen molar-refractivity contribution < 1.29 is 9.47 Å². The van der Waals surface area contributed by atoms with Gasteiger partial charge in [-0.25, -0.2) is 0 Å². The van der Waals surface area contributed by atoms with Crippen LogP contribution >= 0.6 is 23.5 Å². The van der Waals surface area contributed by atoms with Crippen LogP contribution in [0.4, 0.5) is 0 Å². The summed E-state index contributed by atoms with van der Waals surface area (Å²) in [6.07, 6.45) is 0.247. The highest BCUT2D eigenvalue weighted by Crippen LogP contribution is 2.44. The van der Waals surface area contributed by atoms with E-state index in [2.05, 4.69) is 13.8 Å². The van der Waals surface area contributed by atoms with E-state index in [-0.39, 0.29) is 6.10 Å². The van der Waals surface area contributed by atoms with E-state index in [1.807, 2.05) is 23.5 Å². The number of hydrogen-bond acceptors (Lipinski definition) is 4. The Morgan fingerprint density at radius 2 is 2.29 bits per heavy atom. The molecule has 14 heavy (non-hydrogen) atoms. The van der Waals surface area contributed by atoms with Crippen molar-refractivity contribution in [2.24, 2.45) is 0 Å². The average molecular weight is 234 g/mol. The number of thioether (sulfide) groups is 2. The molecule has 0 aromatic rings. The van der Waals surface area contributed by atoms with Crippen LogP contribution in [0.5, 0.6) is 0 Å². The Balaban J connectivity index is 1.47. The van der Waals surface area contributed by atoms with Crippen LogP contribution in [0.2, 0.25) is 0 Å². The van der Waals surface area contributed by atoms with Crippen LogP contribution in [0.25, 0.3) is 0 Å². The summed E-state index contributed by atoms with van der Waals surface area (Å²) in [7, 11) is 0. The first-order valence-corrected chi connectivity index (χ1v) is 7.16. The molecule has 2 heterocycles. The first-order chi connectivity index (χ1) is 6.68. The van der Waals surface area contributed by atoms with Gasteiger partial charge in [0.05, 0.1) is 25.9 Å². The van der Waals surface area contributed by atoms with Gasteiger partial charge in [0, 0.05) is 21.5 Å². The van der Waals surface area contributed by atoms with Gasteiger partial charge in [-0.1, -0.05) is 0 Å². The fraction of sp³-hybridized carbons (Fsp3) is 1.00. The zero-order valence-corrected chi connectivity index (χ0v) is 10.5. The molecule has 82 valence electrons. The van der Waals surface area contributed by atoms with Gasteiger partial charge in [0.15, 0.2) is 0 Å². The van der Waals surface area contributed by atoms with Gasteiger partial charge in [0.1, 0.15) is 0 Å². The molecule has 0 bridgehead atoms. The summed E-state index contributed by atoms with van der Waals surface area (Å²) in [6.45, 7) is 6.88. The molecule has 2 fully saturated rings. The van der Waals surface area contributed by atoms with Crippen molar-refractivity contribution in [3.05, 3.63) is 0 Å². The van der Waals surface area contributed by atoms with Crippen LogP contribution in [-0.2, 0) is 9.47 Å². The van der Waals surface area contributed by atoms with Crippen LogP contribution in [0.3, 0.4) is 0 Å². The predicted molar refractivity (Wildman–Crippen MR) is 63.3 cm³/mol. The monoisotopic (exact) mass is 234 g/mol. The fourth-order valence-corrected chi connectivity index (χ4v) is 2.01. The summed E-state index contributed by atoms with van der Waals surface area (Å²) in [4.78, 5) is 0. The molecule has 2 nitrogen and oxygen atoms in total. The third-order valence-corrected chi connectivity index (χ3v) is 4.70. The molecule has 2 saturated heterocycles. The van der Waals surface area contributed by atoms with Gasteiger partial charge in [-0.05, 0) is 13.8 Å². The van der Waals surface area contributed by atoms with E-state index < -0.39 is 0 Å². The van der Waals surface area contributed by atoms with E-state index in [1.165, 1.54) is 11.5 Å². The second-order valence-corrected chi connectivity index (χ2v) is 7.25. The number of rotatable bonds is 7. The summed E-state index contributed by atoms with van der Waals surface area (Å²) in [6, 6.07) is 0. The fourth-order valence-electron chi connectivity index (χ4n) is 1.10. The van der Waals surface area contributed by atoms with Crippen molar-refractivity contribution in [1.29, 1.82) is 0 Å². The van der Waals surface area contributed by atoms with Gasteiger partial charge < -0.3 is 9.47 Å². The van der Waals surface area contributed by atoms with Crippen molar-refractivity contribution in [3.63, 3.8) is 0 Å². The summed E-state index contributed by atoms with van der Waals surface area (Å²) >= 11 is 3.96. The van der Waals surface area contributed by atoms with Gasteiger partial charge in [-0.3, -0.25) is 0 Å². The van der Waals surface area contributed by atoms with E-state index in [0.717, 1.165) is 25.1 Å². The Bertz CT molecular complexity index is 191. The summed E-state index contributed by atoms with van der Waals surface area (Å²) in [5.41, 5.74) is 0. The average Bonchev–Trinajstić information content (AvgIpc) is 3.01. The van der Waals surface area contributed by atoms with Gasteiger partial charge in [-0.2, -0.15) is 23.5 Å². The Morgan fingerprint density at radius 1 is 1.57 bits per heavy atom. The number of hydrogen-bond donors (Lipinski definition) is 0. The molecule has 0 spiro atoms. The highest BCUT2D eigenvalue weighted by atomic mass is 32.2. The summed E-state index contributed by atoms with van der Waals surface area (Å²) in [5.74, 6) is 2.53. The van der Waals surface area contributed by atoms with Gasteiger partial charge in [0.2, 0.25) is 0 Å². The molecular weight excluding hydrogens is 216 g/mol. The third kappa shape index (κ3) is 4.01. The molecule has 3 unspecified atom stereocenters. The molecule has 4 heteroatoms. The lowest BCUT2D eigenvalue weighted by atomic mass is 10.2. The molecule has 3 atom stereocenters. The van der Waals surface area contributed by atoms with Crippen LogP contribution in [0, 0.1) is 0 Å². The van der Waals surface area contributed by atoms with Gasteiger partial charge >= 0.3 is 0 Å². The zero-order valence-electron chi connectivity index (χ0n) is 8.82. The molecule has 0 radical (unpaired) electrons. The molecule has 0 aliphatic carbocycles. The summed E-state index contributed by atoms with van der Waals surface area (Å²) < 4.78 is 11.7. The summed E-state index contributed by atoms with van der Waals surface area (Å²) in [5, 5.41) is 0.777. The molecule has 0 amide bonds. The Labute approximate surface area is 94.5 Å². The minimum Gasteiger partial charge on any atom is -0.378 e. The molecule has 2 aliphatic heterocycles. The maximum absolute atomic E-state index is 5.72. The molecule has 0 saturated carbocycles. The van der Waals surface area contributed by atoms with E-state index in [0.29, 0.717) is 4.75 Å². The van der Waals surface area contributed by atoms with Gasteiger partial charge in [0.25, 0.3) is 0 Å². The minimum atomic E-state index is 0.247. The maximum atomic E-state index is 5.72. The van der Waals surface area contributed by atoms with Crippen LogP contribution < -0.4 is 0 Å². The lowest BCUT2D eigenvalue weighted by molar-refractivity contribution is -0.00759. The molecule has 2 aliphatic rings. The van der Waals surface area contributed by atoms with E-state index in [1.54, 1.807) is 0 Å². The van der Waals surface area contributed by atoms with Crippen LogP contribution in [-0.4, -0.2) is 47.4 Å². The Kier molecular flexibility index (Phi) is 3.68. The highest BCUT2D eigenvalue weighted by Gasteiger charge is 2.39. The Morgan fingerprint density at radius 3 is 2.86 bits per heavy atom. The second kappa shape index (κ2) is 4.64. The van der Waals surface area contributed by atoms with Crippen LogP contribution in [0.1, 0.15) is 13.8 Å². The maximum Gasteiger partial charge on any atom is 0.0781 e. The van der Waals surface area contributed by atoms with E-state index in [9.17, 15) is 0 Å². The SMILES string of the molecule is CC(COCC1CS1)OCC1(C)CS1. The van der Waals surface area contributed by atoms with E-state index >= 15 is 0 Å². The quantitative estimate of drug-likeness (QED) is 0.627. The lowest BCUT2D eigenvalue weighted by Gasteiger charge is -2.15. The smallest absolute Gasteiger partial charge is 0.0781 e. The zero-order chi connectivity index (χ0) is 10.0. The minimum absolute atomic E-state index is 0.247.